The highest BCUT2D eigenvalue weighted by atomic mass is 32.2. The Kier molecular flexibility index (Phi) is 7.27. The Hall–Kier alpha value is -0.660. The van der Waals surface area contributed by atoms with Gasteiger partial charge in [0.25, 0.3) is 0 Å². The van der Waals surface area contributed by atoms with Crippen molar-refractivity contribution in [2.75, 3.05) is 25.4 Å². The molecule has 6 nitrogen and oxygen atoms in total. The van der Waals surface area contributed by atoms with Crippen LogP contribution in [0.4, 0.5) is 0 Å². The molecule has 0 fully saturated rings. The molecule has 96 valence electrons. The molecule has 16 heavy (non-hydrogen) atoms. The SMILES string of the molecule is CC(C)CNC(=O)CNS(=O)(=O)CCCN. The summed E-state index contributed by atoms with van der Waals surface area (Å²) in [6.07, 6.45) is 0.392. The lowest BCUT2D eigenvalue weighted by molar-refractivity contribution is -0.120. The smallest absolute Gasteiger partial charge is 0.235 e. The third-order valence-corrected chi connectivity index (χ3v) is 3.19. The van der Waals surface area contributed by atoms with Crippen molar-refractivity contribution in [3.05, 3.63) is 0 Å². The maximum Gasteiger partial charge on any atom is 0.235 e. The van der Waals surface area contributed by atoms with Gasteiger partial charge >= 0.3 is 0 Å². The summed E-state index contributed by atoms with van der Waals surface area (Å²) in [5.41, 5.74) is 5.20. The number of nitrogens with two attached hydrogens (primary N) is 1. The van der Waals surface area contributed by atoms with Crippen LogP contribution in [-0.4, -0.2) is 39.7 Å². The molecule has 0 atom stereocenters. The van der Waals surface area contributed by atoms with Crippen LogP contribution in [0.25, 0.3) is 0 Å². The highest BCUT2D eigenvalue weighted by Gasteiger charge is 2.11. The second-order valence-electron chi connectivity index (χ2n) is 3.98. The lowest BCUT2D eigenvalue weighted by Crippen LogP contribution is -2.39. The van der Waals surface area contributed by atoms with E-state index in [1.165, 1.54) is 0 Å². The Morgan fingerprint density at radius 1 is 1.38 bits per heavy atom. The van der Waals surface area contributed by atoms with E-state index in [0.717, 1.165) is 0 Å². The van der Waals surface area contributed by atoms with Crippen LogP contribution in [0.1, 0.15) is 20.3 Å². The summed E-state index contributed by atoms with van der Waals surface area (Å²) in [7, 11) is -3.37. The minimum absolute atomic E-state index is 0.0407. The molecule has 0 bridgehead atoms. The first-order valence-electron chi connectivity index (χ1n) is 5.31. The fourth-order valence-electron chi connectivity index (χ4n) is 0.901. The third kappa shape index (κ3) is 8.63. The molecule has 0 spiro atoms. The maximum absolute atomic E-state index is 11.3. The van der Waals surface area contributed by atoms with Crippen LogP contribution in [0.15, 0.2) is 0 Å². The molecular weight excluding hydrogens is 230 g/mol. The fourth-order valence-corrected chi connectivity index (χ4v) is 1.94. The van der Waals surface area contributed by atoms with Crippen LogP contribution >= 0.6 is 0 Å². The molecule has 0 saturated heterocycles. The highest BCUT2D eigenvalue weighted by Crippen LogP contribution is 1.88. The number of sulfonamides is 1. The molecule has 0 aromatic heterocycles. The summed E-state index contributed by atoms with van der Waals surface area (Å²) >= 11 is 0. The van der Waals surface area contributed by atoms with Gasteiger partial charge in [0, 0.05) is 6.54 Å². The van der Waals surface area contributed by atoms with Gasteiger partial charge in [-0.3, -0.25) is 4.79 Å². The molecule has 7 heteroatoms. The maximum atomic E-state index is 11.3. The zero-order valence-electron chi connectivity index (χ0n) is 9.82. The van der Waals surface area contributed by atoms with Crippen LogP contribution in [0.5, 0.6) is 0 Å². The minimum atomic E-state index is -3.37. The van der Waals surface area contributed by atoms with Gasteiger partial charge in [0.05, 0.1) is 12.3 Å². The molecule has 0 aliphatic rings. The number of hydrogen-bond donors (Lipinski definition) is 3. The molecule has 1 amide bonds. The van der Waals surface area contributed by atoms with Gasteiger partial charge in [-0.2, -0.15) is 0 Å². The standard InChI is InChI=1S/C9H21N3O3S/c1-8(2)6-11-9(13)7-12-16(14,15)5-3-4-10/h8,12H,3-7,10H2,1-2H3,(H,11,13). The molecule has 4 N–H and O–H groups in total. The molecule has 0 aromatic rings. The Bertz CT molecular complexity index is 301. The summed E-state index contributed by atoms with van der Waals surface area (Å²) in [4.78, 5) is 11.2. The van der Waals surface area contributed by atoms with Gasteiger partial charge in [-0.25, -0.2) is 13.1 Å². The average molecular weight is 251 g/mol. The second-order valence-corrected chi connectivity index (χ2v) is 5.91. The number of rotatable bonds is 8. The van der Waals surface area contributed by atoms with Crippen molar-refractivity contribution in [2.24, 2.45) is 11.7 Å². The van der Waals surface area contributed by atoms with Crippen molar-refractivity contribution in [3.8, 4) is 0 Å². The minimum Gasteiger partial charge on any atom is -0.355 e. The Labute approximate surface area is 97.0 Å². The topological polar surface area (TPSA) is 101 Å². The summed E-state index contributed by atoms with van der Waals surface area (Å²) in [5, 5.41) is 2.62. The van der Waals surface area contributed by atoms with Crippen LogP contribution in [-0.2, 0) is 14.8 Å². The van der Waals surface area contributed by atoms with Gasteiger partial charge < -0.3 is 11.1 Å². The molecule has 0 saturated carbocycles. The predicted octanol–water partition coefficient (Wildman–Crippen LogP) is -0.973. The summed E-state index contributed by atoms with van der Waals surface area (Å²) < 4.78 is 24.8. The lowest BCUT2D eigenvalue weighted by Gasteiger charge is -2.08. The highest BCUT2D eigenvalue weighted by molar-refractivity contribution is 7.89. The average Bonchev–Trinajstić information content (AvgIpc) is 2.21. The molecule has 0 radical (unpaired) electrons. The largest absolute Gasteiger partial charge is 0.355 e. The summed E-state index contributed by atoms with van der Waals surface area (Å²) in [5.74, 6) is -0.0103. The molecular formula is C9H21N3O3S. The summed E-state index contributed by atoms with van der Waals surface area (Å²) in [6.45, 7) is 4.58. The van der Waals surface area contributed by atoms with E-state index in [4.69, 9.17) is 5.73 Å². The second kappa shape index (κ2) is 7.59. The van der Waals surface area contributed by atoms with Crippen molar-refractivity contribution in [2.45, 2.75) is 20.3 Å². The third-order valence-electron chi connectivity index (χ3n) is 1.78. The van der Waals surface area contributed by atoms with Crippen molar-refractivity contribution >= 4 is 15.9 Å². The molecule has 0 rings (SSSR count). The molecule has 0 aliphatic heterocycles. The van der Waals surface area contributed by atoms with E-state index < -0.39 is 10.0 Å². The number of carbonyl (C=O) groups is 1. The Morgan fingerprint density at radius 2 is 2.00 bits per heavy atom. The van der Waals surface area contributed by atoms with Gasteiger partial charge in [0.2, 0.25) is 15.9 Å². The van der Waals surface area contributed by atoms with Crippen molar-refractivity contribution in [1.82, 2.24) is 10.0 Å². The van der Waals surface area contributed by atoms with E-state index in [2.05, 4.69) is 10.0 Å². The van der Waals surface area contributed by atoms with Crippen LogP contribution in [0.3, 0.4) is 0 Å². The molecule has 0 unspecified atom stereocenters. The first-order chi connectivity index (χ1) is 7.37. The van der Waals surface area contributed by atoms with Gasteiger partial charge in [-0.1, -0.05) is 13.8 Å². The van der Waals surface area contributed by atoms with Crippen LogP contribution < -0.4 is 15.8 Å². The number of nitrogens with one attached hydrogen (secondary N) is 2. The van der Waals surface area contributed by atoms with Gasteiger partial charge in [-0.05, 0) is 18.9 Å². The Balaban J connectivity index is 3.82. The molecule has 0 heterocycles. The van der Waals surface area contributed by atoms with Crippen LogP contribution in [0, 0.1) is 5.92 Å². The Morgan fingerprint density at radius 3 is 2.50 bits per heavy atom. The quantitative estimate of drug-likeness (QED) is 0.516. The van der Waals surface area contributed by atoms with Crippen molar-refractivity contribution in [3.63, 3.8) is 0 Å². The van der Waals surface area contributed by atoms with Gasteiger partial charge in [0.1, 0.15) is 0 Å². The first kappa shape index (κ1) is 15.3. The van der Waals surface area contributed by atoms with Crippen LogP contribution in [0.2, 0.25) is 0 Å². The van der Waals surface area contributed by atoms with Gasteiger partial charge in [0.15, 0.2) is 0 Å². The van der Waals surface area contributed by atoms with E-state index in [-0.39, 0.29) is 18.2 Å². The molecule has 0 aliphatic carbocycles. The fraction of sp³-hybridized carbons (Fsp3) is 0.889. The van der Waals surface area contributed by atoms with E-state index in [0.29, 0.717) is 25.4 Å². The van der Waals surface area contributed by atoms with E-state index >= 15 is 0 Å². The van der Waals surface area contributed by atoms with E-state index in [9.17, 15) is 13.2 Å². The lowest BCUT2D eigenvalue weighted by atomic mass is 10.2. The molecule has 0 aromatic carbocycles. The van der Waals surface area contributed by atoms with E-state index in [1.807, 2.05) is 13.8 Å². The van der Waals surface area contributed by atoms with E-state index in [1.54, 1.807) is 0 Å². The predicted molar refractivity (Wildman–Crippen MR) is 63.3 cm³/mol. The number of hydrogen-bond acceptors (Lipinski definition) is 4. The number of carbonyl (C=O) groups excluding carboxylic acids is 1. The van der Waals surface area contributed by atoms with Crippen molar-refractivity contribution in [1.29, 1.82) is 0 Å². The monoisotopic (exact) mass is 251 g/mol. The zero-order chi connectivity index (χ0) is 12.6. The van der Waals surface area contributed by atoms with Crippen molar-refractivity contribution < 1.29 is 13.2 Å². The summed E-state index contributed by atoms with van der Waals surface area (Å²) in [6, 6.07) is 0. The number of amides is 1. The normalized spacial score (nSPS) is 11.8. The zero-order valence-corrected chi connectivity index (χ0v) is 10.6. The van der Waals surface area contributed by atoms with Gasteiger partial charge in [-0.15, -0.1) is 0 Å². The first-order valence-corrected chi connectivity index (χ1v) is 6.96.